The summed E-state index contributed by atoms with van der Waals surface area (Å²) in [6.07, 6.45) is 1.81. The minimum absolute atomic E-state index is 0.199. The fourth-order valence-corrected chi connectivity index (χ4v) is 2.04. The molecule has 0 amide bonds. The number of aryl methyl sites for hydroxylation is 1. The predicted molar refractivity (Wildman–Crippen MR) is 78.7 cm³/mol. The second-order valence-corrected chi connectivity index (χ2v) is 5.72. The van der Waals surface area contributed by atoms with Crippen LogP contribution in [-0.2, 0) is 22.0 Å². The molecule has 0 aliphatic heterocycles. The lowest BCUT2D eigenvalue weighted by Gasteiger charge is -2.22. The van der Waals surface area contributed by atoms with Crippen molar-refractivity contribution in [2.75, 3.05) is 20.2 Å². The molecule has 116 valence electrons. The Kier molecular flexibility index (Phi) is 5.75. The van der Waals surface area contributed by atoms with Crippen molar-refractivity contribution in [3.8, 4) is 0 Å². The van der Waals surface area contributed by atoms with Crippen LogP contribution in [0.1, 0.15) is 38.1 Å². The molecular weight excluding hydrogens is 272 g/mol. The lowest BCUT2D eigenvalue weighted by atomic mass is 9.87. The second-order valence-electron chi connectivity index (χ2n) is 5.72. The zero-order valence-corrected chi connectivity index (χ0v) is 13.1. The van der Waals surface area contributed by atoms with Gasteiger partial charge in [-0.3, -0.25) is 4.68 Å². The lowest BCUT2D eigenvalue weighted by Crippen LogP contribution is -2.33. The van der Waals surface area contributed by atoms with Crippen LogP contribution in [0.5, 0.6) is 0 Å². The molecule has 1 unspecified atom stereocenters. The van der Waals surface area contributed by atoms with Gasteiger partial charge >= 0.3 is 5.97 Å². The largest absolute Gasteiger partial charge is 0.468 e. The van der Waals surface area contributed by atoms with E-state index in [-0.39, 0.29) is 12.0 Å². The van der Waals surface area contributed by atoms with Crippen molar-refractivity contribution in [1.82, 2.24) is 15.1 Å². The van der Waals surface area contributed by atoms with E-state index in [4.69, 9.17) is 10.3 Å². The third-order valence-corrected chi connectivity index (χ3v) is 2.94. The Balaban J connectivity index is 3.08. The molecule has 0 bridgehead atoms. The van der Waals surface area contributed by atoms with Crippen LogP contribution in [0.25, 0.3) is 10.4 Å². The maximum absolute atomic E-state index is 12.0. The number of methoxy groups -OCH3 is 1. The number of aromatic nitrogens is 2. The van der Waals surface area contributed by atoms with E-state index in [9.17, 15) is 4.79 Å². The van der Waals surface area contributed by atoms with Gasteiger partial charge < -0.3 is 10.1 Å². The zero-order valence-electron chi connectivity index (χ0n) is 13.1. The quantitative estimate of drug-likeness (QED) is 0.284. The van der Waals surface area contributed by atoms with Gasteiger partial charge in [0.25, 0.3) is 0 Å². The summed E-state index contributed by atoms with van der Waals surface area (Å²) in [5, 5.41) is 10.9. The fourth-order valence-electron chi connectivity index (χ4n) is 2.04. The third-order valence-electron chi connectivity index (χ3n) is 2.94. The van der Waals surface area contributed by atoms with Crippen LogP contribution in [0, 0.1) is 0 Å². The first-order valence-electron chi connectivity index (χ1n) is 6.67. The third kappa shape index (κ3) is 4.47. The Morgan fingerprint density at radius 3 is 2.81 bits per heavy atom. The number of ether oxygens (including phenoxy) is 1. The van der Waals surface area contributed by atoms with Gasteiger partial charge in [0.2, 0.25) is 0 Å². The highest BCUT2D eigenvalue weighted by molar-refractivity contribution is 5.78. The van der Waals surface area contributed by atoms with Crippen LogP contribution in [0.15, 0.2) is 11.3 Å². The van der Waals surface area contributed by atoms with Gasteiger partial charge in [-0.05, 0) is 5.53 Å². The van der Waals surface area contributed by atoms with E-state index in [1.54, 1.807) is 4.68 Å². The van der Waals surface area contributed by atoms with Crippen LogP contribution < -0.4 is 5.32 Å². The van der Waals surface area contributed by atoms with Crippen LogP contribution in [-0.4, -0.2) is 35.9 Å². The molecule has 1 aromatic heterocycles. The molecule has 1 rings (SSSR count). The molecular formula is C13H22N6O2. The summed E-state index contributed by atoms with van der Waals surface area (Å²) in [6, 6.07) is -0.633. The van der Waals surface area contributed by atoms with Gasteiger partial charge in [-0.1, -0.05) is 25.9 Å². The smallest absolute Gasteiger partial charge is 0.327 e. The number of hydrogen-bond acceptors (Lipinski definition) is 5. The van der Waals surface area contributed by atoms with Crippen LogP contribution in [0.4, 0.5) is 0 Å². The van der Waals surface area contributed by atoms with Gasteiger partial charge in [0, 0.05) is 42.2 Å². The van der Waals surface area contributed by atoms with Gasteiger partial charge in [-0.2, -0.15) is 5.10 Å². The normalized spacial score (nSPS) is 12.6. The van der Waals surface area contributed by atoms with Crippen molar-refractivity contribution >= 4 is 5.97 Å². The van der Waals surface area contributed by atoms with Gasteiger partial charge in [-0.25, -0.2) is 4.79 Å². The van der Waals surface area contributed by atoms with E-state index in [2.05, 4.69) is 20.4 Å². The molecule has 0 saturated carbocycles. The van der Waals surface area contributed by atoms with E-state index in [1.165, 1.54) is 7.11 Å². The zero-order chi connectivity index (χ0) is 16.0. The van der Waals surface area contributed by atoms with Crippen molar-refractivity contribution in [2.24, 2.45) is 12.2 Å². The molecule has 8 nitrogen and oxygen atoms in total. The molecule has 0 radical (unpaired) electrons. The Hall–Kier alpha value is -2.05. The summed E-state index contributed by atoms with van der Waals surface area (Å²) in [7, 11) is 3.16. The van der Waals surface area contributed by atoms with Crippen LogP contribution >= 0.6 is 0 Å². The molecule has 0 aliphatic rings. The van der Waals surface area contributed by atoms with E-state index in [1.807, 2.05) is 34.0 Å². The van der Waals surface area contributed by atoms with Gasteiger partial charge in [0.1, 0.15) is 6.04 Å². The Morgan fingerprint density at radius 1 is 1.62 bits per heavy atom. The SMILES string of the molecule is COC(=O)C(NCCN=[N+]=[N-])c1cn(C)nc1C(C)(C)C. The molecule has 0 fully saturated rings. The number of azide groups is 1. The molecule has 0 aliphatic carbocycles. The summed E-state index contributed by atoms with van der Waals surface area (Å²) in [5.74, 6) is -0.394. The number of hydrogen-bond donors (Lipinski definition) is 1. The van der Waals surface area contributed by atoms with Crippen molar-refractivity contribution in [3.63, 3.8) is 0 Å². The topological polar surface area (TPSA) is 105 Å². The molecule has 0 spiro atoms. The summed E-state index contributed by atoms with van der Waals surface area (Å²) in [4.78, 5) is 14.7. The van der Waals surface area contributed by atoms with E-state index in [0.29, 0.717) is 6.54 Å². The van der Waals surface area contributed by atoms with Crippen molar-refractivity contribution < 1.29 is 9.53 Å². The lowest BCUT2D eigenvalue weighted by molar-refractivity contribution is -0.143. The molecule has 1 atom stereocenters. The number of nitrogens with one attached hydrogen (secondary N) is 1. The number of rotatable bonds is 6. The van der Waals surface area contributed by atoms with Crippen molar-refractivity contribution in [3.05, 3.63) is 27.9 Å². The highest BCUT2D eigenvalue weighted by Gasteiger charge is 2.30. The molecule has 21 heavy (non-hydrogen) atoms. The minimum atomic E-state index is -0.633. The summed E-state index contributed by atoms with van der Waals surface area (Å²) in [5.41, 5.74) is 9.69. The molecule has 0 aromatic carbocycles. The average molecular weight is 294 g/mol. The van der Waals surface area contributed by atoms with Gasteiger partial charge in [0.05, 0.1) is 12.8 Å². The van der Waals surface area contributed by atoms with Crippen LogP contribution in [0.3, 0.4) is 0 Å². The van der Waals surface area contributed by atoms with Gasteiger partial charge in [-0.15, -0.1) is 0 Å². The highest BCUT2D eigenvalue weighted by atomic mass is 16.5. The molecule has 1 aromatic rings. The summed E-state index contributed by atoms with van der Waals surface area (Å²) >= 11 is 0. The Bertz CT molecular complexity index is 539. The molecule has 0 saturated heterocycles. The summed E-state index contributed by atoms with van der Waals surface area (Å²) < 4.78 is 6.54. The highest BCUT2D eigenvalue weighted by Crippen LogP contribution is 2.28. The second kappa shape index (κ2) is 7.10. The standard InChI is InChI=1S/C13H22N6O2/c1-13(2,3)11-9(8-19(4)17-11)10(12(20)21-5)15-6-7-16-18-14/h8,10,15H,6-7H2,1-5H3. The number of carbonyl (C=O) groups is 1. The first-order chi connectivity index (χ1) is 9.81. The van der Waals surface area contributed by atoms with E-state index < -0.39 is 12.0 Å². The average Bonchev–Trinajstić information content (AvgIpc) is 2.80. The van der Waals surface area contributed by atoms with E-state index in [0.717, 1.165) is 11.3 Å². The number of nitrogens with zero attached hydrogens (tertiary/aromatic N) is 5. The molecule has 1 heterocycles. The number of carbonyl (C=O) groups excluding carboxylic acids is 1. The van der Waals surface area contributed by atoms with E-state index >= 15 is 0 Å². The monoisotopic (exact) mass is 294 g/mol. The maximum Gasteiger partial charge on any atom is 0.327 e. The van der Waals surface area contributed by atoms with Gasteiger partial charge in [0.15, 0.2) is 0 Å². The maximum atomic E-state index is 12.0. The van der Waals surface area contributed by atoms with Crippen LogP contribution in [0.2, 0.25) is 0 Å². The first kappa shape index (κ1) is 17.0. The number of esters is 1. The van der Waals surface area contributed by atoms with Crippen molar-refractivity contribution in [1.29, 1.82) is 0 Å². The summed E-state index contributed by atoms with van der Waals surface area (Å²) in [6.45, 7) is 6.74. The Labute approximate surface area is 124 Å². The molecule has 8 heteroatoms. The fraction of sp³-hybridized carbons (Fsp3) is 0.692. The van der Waals surface area contributed by atoms with Crippen molar-refractivity contribution in [2.45, 2.75) is 32.2 Å². The Morgan fingerprint density at radius 2 is 2.29 bits per heavy atom. The molecule has 1 N–H and O–H groups in total. The first-order valence-corrected chi connectivity index (χ1v) is 6.67. The predicted octanol–water partition coefficient (Wildman–Crippen LogP) is 1.83. The minimum Gasteiger partial charge on any atom is -0.468 e.